The molecule has 0 radical (unpaired) electrons. The molecule has 0 spiro atoms. The van der Waals surface area contributed by atoms with Crippen LogP contribution in [0.4, 0.5) is 5.82 Å². The number of thiophene rings is 2. The van der Waals surface area contributed by atoms with E-state index in [0.717, 1.165) is 21.9 Å². The first-order valence-corrected chi connectivity index (χ1v) is 8.79. The maximum Gasteiger partial charge on any atom is 0.225 e. The van der Waals surface area contributed by atoms with Crippen molar-refractivity contribution in [3.63, 3.8) is 0 Å². The first-order valence-electron chi connectivity index (χ1n) is 7.03. The predicted octanol–water partition coefficient (Wildman–Crippen LogP) is 4.67. The summed E-state index contributed by atoms with van der Waals surface area (Å²) in [6.45, 7) is 1.98. The molecule has 0 fully saturated rings. The lowest BCUT2D eigenvalue weighted by Crippen LogP contribution is -2.12. The van der Waals surface area contributed by atoms with E-state index in [4.69, 9.17) is 0 Å². The quantitative estimate of drug-likeness (QED) is 0.740. The highest BCUT2D eigenvalue weighted by atomic mass is 32.1. The topological polar surface area (TPSA) is 54.9 Å². The summed E-state index contributed by atoms with van der Waals surface area (Å²) in [6.07, 6.45) is 1.30. The van der Waals surface area contributed by atoms with Crippen molar-refractivity contribution < 1.29 is 4.79 Å². The van der Waals surface area contributed by atoms with Gasteiger partial charge >= 0.3 is 0 Å². The van der Waals surface area contributed by atoms with Gasteiger partial charge in [0.1, 0.15) is 5.82 Å². The van der Waals surface area contributed by atoms with E-state index in [1.165, 1.54) is 0 Å². The predicted molar refractivity (Wildman–Crippen MR) is 92.2 cm³/mol. The number of carbonyl (C=O) groups is 1. The highest BCUT2D eigenvalue weighted by Crippen LogP contribution is 2.29. The number of anilines is 1. The molecule has 1 N–H and O–H groups in total. The van der Waals surface area contributed by atoms with Gasteiger partial charge in [0.2, 0.25) is 5.91 Å². The van der Waals surface area contributed by atoms with Crippen LogP contribution in [0.2, 0.25) is 0 Å². The number of aromatic nitrogens is 2. The molecule has 112 valence electrons. The van der Waals surface area contributed by atoms with Gasteiger partial charge in [-0.2, -0.15) is 0 Å². The summed E-state index contributed by atoms with van der Waals surface area (Å²) in [7, 11) is 0. The molecule has 0 aliphatic carbocycles. The van der Waals surface area contributed by atoms with Crippen LogP contribution in [-0.4, -0.2) is 15.9 Å². The van der Waals surface area contributed by atoms with E-state index >= 15 is 0 Å². The van der Waals surface area contributed by atoms with Gasteiger partial charge in [0.15, 0.2) is 5.82 Å². The third kappa shape index (κ3) is 3.40. The normalized spacial score (nSPS) is 10.6. The largest absolute Gasteiger partial charge is 0.311 e. The molecule has 22 heavy (non-hydrogen) atoms. The summed E-state index contributed by atoms with van der Waals surface area (Å²) >= 11 is 3.21. The van der Waals surface area contributed by atoms with Crippen LogP contribution in [0.25, 0.3) is 21.3 Å². The standard InChI is InChI=1S/C16H15N3OS2/c1-2-5-15(20)18-14-10-11(12-6-3-8-21-12)17-16(19-14)13-7-4-9-22-13/h3-4,6-10H,2,5H2,1H3,(H,17,18,19,20). The fourth-order valence-corrected chi connectivity index (χ4v) is 3.35. The fraction of sp³-hybridized carbons (Fsp3) is 0.188. The number of carbonyl (C=O) groups excluding carboxylic acids is 1. The van der Waals surface area contributed by atoms with Crippen molar-refractivity contribution in [1.82, 2.24) is 9.97 Å². The zero-order valence-electron chi connectivity index (χ0n) is 12.1. The Hall–Kier alpha value is -2.05. The lowest BCUT2D eigenvalue weighted by molar-refractivity contribution is -0.116. The van der Waals surface area contributed by atoms with Crippen molar-refractivity contribution >= 4 is 34.4 Å². The van der Waals surface area contributed by atoms with Crippen LogP contribution in [0.1, 0.15) is 19.8 Å². The van der Waals surface area contributed by atoms with E-state index in [9.17, 15) is 4.79 Å². The molecular weight excluding hydrogens is 314 g/mol. The molecule has 3 aromatic rings. The average Bonchev–Trinajstić information content (AvgIpc) is 3.21. The van der Waals surface area contributed by atoms with Crippen molar-refractivity contribution in [1.29, 1.82) is 0 Å². The number of rotatable bonds is 5. The molecule has 4 nitrogen and oxygen atoms in total. The summed E-state index contributed by atoms with van der Waals surface area (Å²) in [4.78, 5) is 23.0. The van der Waals surface area contributed by atoms with Gasteiger partial charge < -0.3 is 5.32 Å². The molecular formula is C16H15N3OS2. The third-order valence-electron chi connectivity index (χ3n) is 2.99. The number of hydrogen-bond acceptors (Lipinski definition) is 5. The second-order valence-electron chi connectivity index (χ2n) is 4.71. The molecule has 0 atom stereocenters. The van der Waals surface area contributed by atoms with Crippen LogP contribution in [0.3, 0.4) is 0 Å². The first kappa shape index (κ1) is 14.9. The van der Waals surface area contributed by atoms with E-state index in [2.05, 4.69) is 15.3 Å². The molecule has 0 saturated heterocycles. The van der Waals surface area contributed by atoms with Crippen LogP contribution in [0.15, 0.2) is 41.1 Å². The molecule has 1 amide bonds. The van der Waals surface area contributed by atoms with Gasteiger partial charge in [-0.05, 0) is 29.3 Å². The van der Waals surface area contributed by atoms with Gasteiger partial charge in [0.05, 0.1) is 15.4 Å². The van der Waals surface area contributed by atoms with Crippen LogP contribution < -0.4 is 5.32 Å². The summed E-state index contributed by atoms with van der Waals surface area (Å²) in [6, 6.07) is 9.79. The summed E-state index contributed by atoms with van der Waals surface area (Å²) in [5, 5.41) is 6.87. The average molecular weight is 329 g/mol. The smallest absolute Gasteiger partial charge is 0.225 e. The van der Waals surface area contributed by atoms with Crippen LogP contribution in [0.5, 0.6) is 0 Å². The Kier molecular flexibility index (Phi) is 4.60. The zero-order chi connectivity index (χ0) is 15.4. The molecule has 0 saturated carbocycles. The van der Waals surface area contributed by atoms with Crippen molar-refractivity contribution in [2.75, 3.05) is 5.32 Å². The molecule has 3 rings (SSSR count). The van der Waals surface area contributed by atoms with Gasteiger partial charge in [-0.1, -0.05) is 19.1 Å². The Balaban J connectivity index is 2.00. The maximum absolute atomic E-state index is 11.8. The number of amides is 1. The molecule has 0 aromatic carbocycles. The Morgan fingerprint density at radius 3 is 2.50 bits per heavy atom. The van der Waals surface area contributed by atoms with Crippen molar-refractivity contribution in [2.24, 2.45) is 0 Å². The zero-order valence-corrected chi connectivity index (χ0v) is 13.7. The highest BCUT2D eigenvalue weighted by Gasteiger charge is 2.11. The monoisotopic (exact) mass is 329 g/mol. The lowest BCUT2D eigenvalue weighted by atomic mass is 10.3. The van der Waals surface area contributed by atoms with Crippen molar-refractivity contribution in [3.8, 4) is 21.3 Å². The Labute approximate surface area is 136 Å². The minimum Gasteiger partial charge on any atom is -0.311 e. The number of nitrogens with one attached hydrogen (secondary N) is 1. The van der Waals surface area contributed by atoms with Gasteiger partial charge in [-0.15, -0.1) is 22.7 Å². The maximum atomic E-state index is 11.8. The number of hydrogen-bond donors (Lipinski definition) is 1. The SMILES string of the molecule is CCCC(=O)Nc1cc(-c2cccs2)nc(-c2cccs2)n1. The molecule has 3 heterocycles. The molecule has 0 unspecified atom stereocenters. The van der Waals surface area contributed by atoms with E-state index in [1.54, 1.807) is 22.7 Å². The Morgan fingerprint density at radius 1 is 1.14 bits per heavy atom. The van der Waals surface area contributed by atoms with E-state index in [1.807, 2.05) is 48.0 Å². The van der Waals surface area contributed by atoms with E-state index < -0.39 is 0 Å². The van der Waals surface area contributed by atoms with Crippen molar-refractivity contribution in [3.05, 3.63) is 41.1 Å². The second-order valence-corrected chi connectivity index (χ2v) is 6.61. The summed E-state index contributed by atoms with van der Waals surface area (Å²) in [5.74, 6) is 1.18. The second kappa shape index (κ2) is 6.81. The van der Waals surface area contributed by atoms with Crippen LogP contribution in [-0.2, 0) is 4.79 Å². The Bertz CT molecular complexity index is 699. The van der Waals surface area contributed by atoms with Crippen LogP contribution >= 0.6 is 22.7 Å². The fourth-order valence-electron chi connectivity index (χ4n) is 2.01. The highest BCUT2D eigenvalue weighted by molar-refractivity contribution is 7.13. The minimum absolute atomic E-state index is 0.0181. The first-order chi connectivity index (χ1) is 10.8. The third-order valence-corrected chi connectivity index (χ3v) is 4.74. The molecule has 0 aliphatic heterocycles. The molecule has 0 bridgehead atoms. The van der Waals surface area contributed by atoms with Crippen LogP contribution in [0, 0.1) is 0 Å². The summed E-state index contributed by atoms with van der Waals surface area (Å²) in [5.41, 5.74) is 0.834. The summed E-state index contributed by atoms with van der Waals surface area (Å²) < 4.78 is 0. The van der Waals surface area contributed by atoms with E-state index in [0.29, 0.717) is 18.1 Å². The van der Waals surface area contributed by atoms with Crippen molar-refractivity contribution in [2.45, 2.75) is 19.8 Å². The van der Waals surface area contributed by atoms with Gasteiger partial charge in [0.25, 0.3) is 0 Å². The Morgan fingerprint density at radius 2 is 1.86 bits per heavy atom. The number of nitrogens with zero attached hydrogens (tertiary/aromatic N) is 2. The van der Waals surface area contributed by atoms with Gasteiger partial charge in [-0.3, -0.25) is 4.79 Å². The molecule has 3 aromatic heterocycles. The van der Waals surface area contributed by atoms with Gasteiger partial charge in [0, 0.05) is 12.5 Å². The molecule has 0 aliphatic rings. The minimum atomic E-state index is -0.0181. The van der Waals surface area contributed by atoms with E-state index in [-0.39, 0.29) is 5.91 Å². The molecule has 6 heteroatoms. The lowest BCUT2D eigenvalue weighted by Gasteiger charge is -2.07. The van der Waals surface area contributed by atoms with Gasteiger partial charge in [-0.25, -0.2) is 9.97 Å².